The van der Waals surface area contributed by atoms with E-state index >= 15 is 0 Å². The standard InChI is InChI=1S/C38H37FN4O7/c39-30-4-2-1-3-23(30)14-32(35(46)42-27-11-25(36(47)48)10-26(12-27)37(49)50)43-34(45)28-13-24-5-6-40-31(24)15-29(28)33(44)41-19-38-16-20-7-21(17-38)9-22(8-20)18-38/h1-6,10-13,15,20-22,32,40H,7-9,14,16-19H2,(H,41,44)(H,42,46)(H,43,45)(H,47,48)(H,49,50)/t20?,21?,22?,32-,38?/m0/s1. The number of aromatic amines is 1. The van der Waals surface area contributed by atoms with E-state index < -0.39 is 41.5 Å². The molecule has 4 aromatic rings. The summed E-state index contributed by atoms with van der Waals surface area (Å²) in [4.78, 5) is 68.0. The molecular weight excluding hydrogens is 643 g/mol. The molecule has 258 valence electrons. The molecule has 1 heterocycles. The molecule has 3 aromatic carbocycles. The Balaban J connectivity index is 1.16. The summed E-state index contributed by atoms with van der Waals surface area (Å²) in [6.45, 7) is 0.519. The van der Waals surface area contributed by atoms with E-state index in [1.807, 2.05) is 0 Å². The van der Waals surface area contributed by atoms with Gasteiger partial charge in [0, 0.05) is 35.8 Å². The van der Waals surface area contributed by atoms with Crippen LogP contribution in [0.4, 0.5) is 10.1 Å². The van der Waals surface area contributed by atoms with Gasteiger partial charge in [0.05, 0.1) is 22.3 Å². The van der Waals surface area contributed by atoms with Gasteiger partial charge in [0.25, 0.3) is 11.8 Å². The van der Waals surface area contributed by atoms with Crippen LogP contribution in [0, 0.1) is 29.0 Å². The highest BCUT2D eigenvalue weighted by molar-refractivity contribution is 6.11. The lowest BCUT2D eigenvalue weighted by Gasteiger charge is -2.56. The van der Waals surface area contributed by atoms with E-state index in [0.29, 0.717) is 35.2 Å². The van der Waals surface area contributed by atoms with Gasteiger partial charge in [-0.25, -0.2) is 14.0 Å². The normalized spacial score (nSPS) is 22.5. The van der Waals surface area contributed by atoms with Crippen molar-refractivity contribution in [3.05, 3.63) is 100 Å². The molecular formula is C38H37FN4O7. The third kappa shape index (κ3) is 6.70. The Morgan fingerprint density at radius 1 is 0.820 bits per heavy atom. The Hall–Kier alpha value is -5.52. The van der Waals surface area contributed by atoms with Crippen molar-refractivity contribution in [3.8, 4) is 0 Å². The number of hydrogen-bond donors (Lipinski definition) is 6. The Morgan fingerprint density at radius 3 is 2.06 bits per heavy atom. The van der Waals surface area contributed by atoms with Crippen LogP contribution in [0.15, 0.2) is 66.9 Å². The number of aromatic carboxylic acids is 2. The molecule has 1 atom stereocenters. The number of aromatic nitrogens is 1. The molecule has 0 spiro atoms. The van der Waals surface area contributed by atoms with Gasteiger partial charge < -0.3 is 31.1 Å². The maximum Gasteiger partial charge on any atom is 0.335 e. The van der Waals surface area contributed by atoms with Crippen LogP contribution >= 0.6 is 0 Å². The highest BCUT2D eigenvalue weighted by Gasteiger charge is 2.50. The van der Waals surface area contributed by atoms with Gasteiger partial charge in [-0.1, -0.05) is 18.2 Å². The number of carbonyl (C=O) groups excluding carboxylic acids is 3. The average molecular weight is 681 g/mol. The zero-order chi connectivity index (χ0) is 35.2. The number of carboxylic acids is 2. The highest BCUT2D eigenvalue weighted by atomic mass is 19.1. The van der Waals surface area contributed by atoms with Gasteiger partial charge in [0.2, 0.25) is 5.91 Å². The number of halogens is 1. The Bertz CT molecular complexity index is 1970. The third-order valence-corrected chi connectivity index (χ3v) is 10.7. The minimum atomic E-state index is -1.41. The van der Waals surface area contributed by atoms with E-state index in [1.54, 1.807) is 30.5 Å². The van der Waals surface area contributed by atoms with Crippen LogP contribution in [-0.2, 0) is 11.2 Å². The second-order valence-electron chi connectivity index (χ2n) is 14.3. The lowest BCUT2D eigenvalue weighted by Crippen LogP contribution is -2.51. The van der Waals surface area contributed by atoms with Crippen LogP contribution in [0.1, 0.15) is 85.5 Å². The summed E-state index contributed by atoms with van der Waals surface area (Å²) >= 11 is 0. The number of H-pyrrole nitrogens is 1. The third-order valence-electron chi connectivity index (χ3n) is 10.7. The van der Waals surface area contributed by atoms with E-state index in [1.165, 1.54) is 37.5 Å². The number of carbonyl (C=O) groups is 5. The van der Waals surface area contributed by atoms with Crippen molar-refractivity contribution < 1.29 is 38.6 Å². The van der Waals surface area contributed by atoms with E-state index in [4.69, 9.17) is 0 Å². The van der Waals surface area contributed by atoms with E-state index in [2.05, 4.69) is 20.9 Å². The Kier molecular flexibility index (Phi) is 8.63. The van der Waals surface area contributed by atoms with Gasteiger partial charge in [-0.3, -0.25) is 14.4 Å². The first kappa shape index (κ1) is 33.0. The maximum atomic E-state index is 14.8. The van der Waals surface area contributed by atoms with Crippen molar-refractivity contribution in [2.45, 2.75) is 51.0 Å². The topological polar surface area (TPSA) is 178 Å². The van der Waals surface area contributed by atoms with Crippen LogP contribution in [0.3, 0.4) is 0 Å². The van der Waals surface area contributed by atoms with Crippen LogP contribution in [0.5, 0.6) is 0 Å². The zero-order valence-corrected chi connectivity index (χ0v) is 27.1. The molecule has 8 rings (SSSR count). The predicted molar refractivity (Wildman–Crippen MR) is 182 cm³/mol. The molecule has 3 amide bonds. The summed E-state index contributed by atoms with van der Waals surface area (Å²) in [5, 5.41) is 27.9. The van der Waals surface area contributed by atoms with Gasteiger partial charge in [-0.05, 0) is 110 Å². The van der Waals surface area contributed by atoms with Crippen LogP contribution < -0.4 is 16.0 Å². The Morgan fingerprint density at radius 2 is 1.44 bits per heavy atom. The van der Waals surface area contributed by atoms with Crippen molar-refractivity contribution >= 4 is 46.3 Å². The number of carboxylic acid groups (broad SMARTS) is 2. The lowest BCUT2D eigenvalue weighted by atomic mass is 9.49. The minimum Gasteiger partial charge on any atom is -0.478 e. The number of amides is 3. The fourth-order valence-corrected chi connectivity index (χ4v) is 8.85. The second-order valence-corrected chi connectivity index (χ2v) is 14.3. The summed E-state index contributed by atoms with van der Waals surface area (Å²) in [6.07, 6.45) is 8.50. The number of hydrogen-bond acceptors (Lipinski definition) is 5. The number of anilines is 1. The van der Waals surface area contributed by atoms with Crippen LogP contribution in [-0.4, -0.2) is 57.4 Å². The molecule has 4 bridgehead atoms. The second kappa shape index (κ2) is 13.1. The molecule has 0 unspecified atom stereocenters. The van der Waals surface area contributed by atoms with Gasteiger partial charge >= 0.3 is 11.9 Å². The summed E-state index contributed by atoms with van der Waals surface area (Å²) in [6, 6.07) is 12.4. The van der Waals surface area contributed by atoms with Gasteiger partial charge in [0.15, 0.2) is 0 Å². The monoisotopic (exact) mass is 680 g/mol. The molecule has 6 N–H and O–H groups in total. The molecule has 12 heteroatoms. The predicted octanol–water partition coefficient (Wildman–Crippen LogP) is 5.63. The molecule has 1 aromatic heterocycles. The van der Waals surface area contributed by atoms with Crippen LogP contribution in [0.25, 0.3) is 10.9 Å². The first-order chi connectivity index (χ1) is 23.9. The SMILES string of the molecule is O=C(O)c1cc(NC(=O)[C@H](Cc2ccccc2F)NC(=O)c2cc3cc[nH]c3cc2C(=O)NCC23CC4CC(CC(C4)C2)C3)cc(C(=O)O)c1. The van der Waals surface area contributed by atoms with Crippen molar-refractivity contribution in [3.63, 3.8) is 0 Å². The number of nitrogens with one attached hydrogen (secondary N) is 4. The molecule has 50 heavy (non-hydrogen) atoms. The summed E-state index contributed by atoms with van der Waals surface area (Å²) in [5.74, 6) is -3.34. The fraction of sp³-hybridized carbons (Fsp3) is 0.342. The van der Waals surface area contributed by atoms with E-state index in [9.17, 15) is 38.6 Å². The molecule has 4 aliphatic carbocycles. The zero-order valence-electron chi connectivity index (χ0n) is 27.1. The lowest BCUT2D eigenvalue weighted by molar-refractivity contribution is -0.118. The largest absolute Gasteiger partial charge is 0.478 e. The summed E-state index contributed by atoms with van der Waals surface area (Å²) in [7, 11) is 0. The van der Waals surface area contributed by atoms with Crippen molar-refractivity contribution in [1.82, 2.24) is 15.6 Å². The van der Waals surface area contributed by atoms with Crippen molar-refractivity contribution in [2.75, 3.05) is 11.9 Å². The molecule has 0 aliphatic heterocycles. The molecule has 0 saturated heterocycles. The first-order valence-electron chi connectivity index (χ1n) is 16.8. The molecule has 0 radical (unpaired) electrons. The molecule has 11 nitrogen and oxygen atoms in total. The molecule has 4 aliphatic rings. The Labute approximate surface area is 286 Å². The quantitative estimate of drug-likeness (QED) is 0.119. The van der Waals surface area contributed by atoms with E-state index in [-0.39, 0.29) is 45.3 Å². The van der Waals surface area contributed by atoms with E-state index in [0.717, 1.165) is 37.5 Å². The molecule has 4 saturated carbocycles. The number of fused-ring (bicyclic) bond motifs is 1. The number of rotatable bonds is 11. The average Bonchev–Trinajstić information content (AvgIpc) is 3.54. The number of benzene rings is 3. The van der Waals surface area contributed by atoms with Crippen molar-refractivity contribution in [1.29, 1.82) is 0 Å². The maximum absolute atomic E-state index is 14.8. The van der Waals surface area contributed by atoms with Crippen molar-refractivity contribution in [2.24, 2.45) is 23.2 Å². The van der Waals surface area contributed by atoms with Crippen LogP contribution in [0.2, 0.25) is 0 Å². The highest BCUT2D eigenvalue weighted by Crippen LogP contribution is 2.59. The summed E-state index contributed by atoms with van der Waals surface area (Å²) in [5.41, 5.74) is 0.0733. The smallest absolute Gasteiger partial charge is 0.335 e. The summed E-state index contributed by atoms with van der Waals surface area (Å²) < 4.78 is 14.8. The van der Waals surface area contributed by atoms with Gasteiger partial charge in [0.1, 0.15) is 11.9 Å². The minimum absolute atomic E-state index is 0.0208. The van der Waals surface area contributed by atoms with Gasteiger partial charge in [-0.2, -0.15) is 0 Å². The van der Waals surface area contributed by atoms with Gasteiger partial charge in [-0.15, -0.1) is 0 Å². The molecule has 4 fully saturated rings. The fourth-order valence-electron chi connectivity index (χ4n) is 8.85. The first-order valence-corrected chi connectivity index (χ1v) is 16.8.